The third-order valence-corrected chi connectivity index (χ3v) is 5.28. The second kappa shape index (κ2) is 5.28. The molecule has 100 valence electrons. The van der Waals surface area contributed by atoms with Crippen molar-refractivity contribution in [2.75, 3.05) is 25.4 Å². The average molecular weight is 269 g/mol. The Hall–Kier alpha value is -1.07. The maximum Gasteiger partial charge on any atom is 0.159 e. The molecule has 0 bridgehead atoms. The van der Waals surface area contributed by atoms with Gasteiger partial charge < -0.3 is 10.1 Å². The van der Waals surface area contributed by atoms with Gasteiger partial charge in [-0.1, -0.05) is 12.1 Å². The zero-order chi connectivity index (χ0) is 13.2. The summed E-state index contributed by atoms with van der Waals surface area (Å²) in [5, 5.41) is 2.71. The largest absolute Gasteiger partial charge is 0.494 e. The van der Waals surface area contributed by atoms with Crippen molar-refractivity contribution in [3.05, 3.63) is 29.3 Å². The van der Waals surface area contributed by atoms with Crippen LogP contribution in [0.4, 0.5) is 0 Å². The molecule has 0 saturated carbocycles. The van der Waals surface area contributed by atoms with E-state index in [1.54, 1.807) is 0 Å². The minimum atomic E-state index is -3.02. The van der Waals surface area contributed by atoms with Crippen LogP contribution in [0.2, 0.25) is 0 Å². The van der Waals surface area contributed by atoms with Crippen LogP contribution in [0.5, 0.6) is 5.75 Å². The fourth-order valence-electron chi connectivity index (χ4n) is 2.23. The Morgan fingerprint density at radius 1 is 1.44 bits per heavy atom. The van der Waals surface area contributed by atoms with Gasteiger partial charge in [-0.15, -0.1) is 0 Å². The number of rotatable bonds is 3. The smallest absolute Gasteiger partial charge is 0.159 e. The van der Waals surface area contributed by atoms with E-state index in [1.165, 1.54) is 0 Å². The van der Waals surface area contributed by atoms with Crippen LogP contribution in [-0.4, -0.2) is 33.9 Å². The van der Waals surface area contributed by atoms with Gasteiger partial charge in [-0.05, 0) is 31.0 Å². The molecule has 1 aliphatic heterocycles. The summed E-state index contributed by atoms with van der Waals surface area (Å²) in [5.41, 5.74) is 1.83. The van der Waals surface area contributed by atoms with Crippen LogP contribution in [0.3, 0.4) is 0 Å². The minimum Gasteiger partial charge on any atom is -0.494 e. The van der Waals surface area contributed by atoms with Crippen molar-refractivity contribution in [2.45, 2.75) is 19.1 Å². The third-order valence-electron chi connectivity index (χ3n) is 3.20. The normalized spacial score (nSPS) is 22.7. The second-order valence-electron chi connectivity index (χ2n) is 4.52. The molecule has 1 aliphatic rings. The molecule has 18 heavy (non-hydrogen) atoms. The third kappa shape index (κ3) is 2.67. The van der Waals surface area contributed by atoms with E-state index in [4.69, 9.17) is 4.74 Å². The van der Waals surface area contributed by atoms with Gasteiger partial charge in [0.15, 0.2) is 9.84 Å². The van der Waals surface area contributed by atoms with Crippen molar-refractivity contribution in [3.63, 3.8) is 0 Å². The first-order valence-electron chi connectivity index (χ1n) is 6.20. The van der Waals surface area contributed by atoms with Gasteiger partial charge in [0, 0.05) is 13.1 Å². The highest BCUT2D eigenvalue weighted by atomic mass is 32.2. The summed E-state index contributed by atoms with van der Waals surface area (Å²) in [6, 6.07) is 5.63. The number of ether oxygens (including phenoxy) is 1. The van der Waals surface area contributed by atoms with E-state index in [1.807, 2.05) is 32.0 Å². The minimum absolute atomic E-state index is 0.212. The quantitative estimate of drug-likeness (QED) is 0.902. The van der Waals surface area contributed by atoms with E-state index in [9.17, 15) is 8.42 Å². The van der Waals surface area contributed by atoms with Crippen molar-refractivity contribution < 1.29 is 13.2 Å². The molecule has 0 spiro atoms. The predicted molar refractivity (Wildman–Crippen MR) is 71.7 cm³/mol. The van der Waals surface area contributed by atoms with Crippen LogP contribution < -0.4 is 10.1 Å². The number of sulfone groups is 1. The fourth-order valence-corrected chi connectivity index (χ4v) is 3.88. The Bertz CT molecular complexity index is 525. The van der Waals surface area contributed by atoms with Crippen molar-refractivity contribution in [1.82, 2.24) is 5.32 Å². The van der Waals surface area contributed by atoms with Crippen LogP contribution in [0.1, 0.15) is 23.3 Å². The molecule has 0 aromatic heterocycles. The number of nitrogens with one attached hydrogen (secondary N) is 1. The van der Waals surface area contributed by atoms with Gasteiger partial charge in [0.25, 0.3) is 0 Å². The summed E-state index contributed by atoms with van der Waals surface area (Å²) in [7, 11) is -3.02. The molecular weight excluding hydrogens is 250 g/mol. The molecule has 4 nitrogen and oxygen atoms in total. The van der Waals surface area contributed by atoms with Gasteiger partial charge in [0.2, 0.25) is 0 Å². The summed E-state index contributed by atoms with van der Waals surface area (Å²) in [6.45, 7) is 5.54. The Morgan fingerprint density at radius 3 is 2.83 bits per heavy atom. The highest BCUT2D eigenvalue weighted by molar-refractivity contribution is 7.91. The summed E-state index contributed by atoms with van der Waals surface area (Å²) < 4.78 is 29.5. The average Bonchev–Trinajstić information content (AvgIpc) is 2.31. The molecule has 1 N–H and O–H groups in total. The number of aryl methyl sites for hydroxylation is 1. The lowest BCUT2D eigenvalue weighted by Crippen LogP contribution is -2.38. The maximum atomic E-state index is 12.0. The van der Waals surface area contributed by atoms with Crippen LogP contribution >= 0.6 is 0 Å². The lowest BCUT2D eigenvalue weighted by atomic mass is 10.1. The van der Waals surface area contributed by atoms with Crippen LogP contribution in [0.15, 0.2) is 18.2 Å². The summed E-state index contributed by atoms with van der Waals surface area (Å²) >= 11 is 0. The maximum absolute atomic E-state index is 12.0. The monoisotopic (exact) mass is 269 g/mol. The van der Waals surface area contributed by atoms with E-state index >= 15 is 0 Å². The molecule has 2 rings (SSSR count). The zero-order valence-electron chi connectivity index (χ0n) is 10.8. The topological polar surface area (TPSA) is 55.4 Å². The fraction of sp³-hybridized carbons (Fsp3) is 0.538. The molecule has 0 amide bonds. The van der Waals surface area contributed by atoms with Crippen molar-refractivity contribution in [1.29, 1.82) is 0 Å². The van der Waals surface area contributed by atoms with Crippen molar-refractivity contribution >= 4 is 9.84 Å². The van der Waals surface area contributed by atoms with Gasteiger partial charge in [0.1, 0.15) is 5.75 Å². The van der Waals surface area contributed by atoms with Crippen LogP contribution in [0, 0.1) is 6.92 Å². The predicted octanol–water partition coefficient (Wildman–Crippen LogP) is 1.45. The first-order chi connectivity index (χ1) is 8.54. The van der Waals surface area contributed by atoms with Gasteiger partial charge in [-0.2, -0.15) is 0 Å². The van der Waals surface area contributed by atoms with E-state index in [-0.39, 0.29) is 5.75 Å². The van der Waals surface area contributed by atoms with Gasteiger partial charge in [-0.3, -0.25) is 0 Å². The molecule has 0 radical (unpaired) electrons. The number of benzene rings is 1. The number of hydrogen-bond donors (Lipinski definition) is 1. The molecule has 1 heterocycles. The SMILES string of the molecule is CCOc1ccc(C2CNCCS2(=O)=O)cc1C. The first-order valence-corrected chi connectivity index (χ1v) is 7.92. The van der Waals surface area contributed by atoms with E-state index < -0.39 is 15.1 Å². The Balaban J connectivity index is 2.31. The van der Waals surface area contributed by atoms with Crippen molar-refractivity contribution in [3.8, 4) is 5.75 Å². The van der Waals surface area contributed by atoms with E-state index in [0.29, 0.717) is 19.7 Å². The van der Waals surface area contributed by atoms with Gasteiger partial charge >= 0.3 is 0 Å². The molecule has 1 fully saturated rings. The molecular formula is C13H19NO3S. The van der Waals surface area contributed by atoms with Crippen LogP contribution in [-0.2, 0) is 9.84 Å². The highest BCUT2D eigenvalue weighted by Crippen LogP contribution is 2.28. The molecule has 1 unspecified atom stereocenters. The summed E-state index contributed by atoms with van der Waals surface area (Å²) in [6.07, 6.45) is 0. The highest BCUT2D eigenvalue weighted by Gasteiger charge is 2.30. The Labute approximate surface area is 108 Å². The Kier molecular flexibility index (Phi) is 3.92. The van der Waals surface area contributed by atoms with E-state index in [2.05, 4.69) is 5.32 Å². The van der Waals surface area contributed by atoms with Gasteiger partial charge in [-0.25, -0.2) is 8.42 Å². The molecule has 1 aromatic rings. The van der Waals surface area contributed by atoms with E-state index in [0.717, 1.165) is 16.9 Å². The second-order valence-corrected chi connectivity index (χ2v) is 6.82. The first kappa shape index (κ1) is 13.4. The van der Waals surface area contributed by atoms with Crippen molar-refractivity contribution in [2.24, 2.45) is 0 Å². The molecule has 1 aromatic carbocycles. The van der Waals surface area contributed by atoms with Crippen LogP contribution in [0.25, 0.3) is 0 Å². The molecule has 0 aliphatic carbocycles. The zero-order valence-corrected chi connectivity index (χ0v) is 11.6. The molecule has 5 heteroatoms. The van der Waals surface area contributed by atoms with Gasteiger partial charge in [0.05, 0.1) is 17.6 Å². The summed E-state index contributed by atoms with van der Waals surface area (Å²) in [5.74, 6) is 1.03. The standard InChI is InChI=1S/C13H19NO3S/c1-3-17-12-5-4-11(8-10(12)2)13-9-14-6-7-18(13,15)16/h4-5,8,13-14H,3,6-7,9H2,1-2H3. The lowest BCUT2D eigenvalue weighted by Gasteiger charge is -2.24. The lowest BCUT2D eigenvalue weighted by molar-refractivity contribution is 0.337. The number of hydrogen-bond acceptors (Lipinski definition) is 4. The molecule has 1 saturated heterocycles. The Morgan fingerprint density at radius 2 is 2.22 bits per heavy atom. The summed E-state index contributed by atoms with van der Waals surface area (Å²) in [4.78, 5) is 0. The molecule has 1 atom stereocenters.